The fourth-order valence-electron chi connectivity index (χ4n) is 2.78. The molecule has 126 valence electrons. The second-order valence-corrected chi connectivity index (χ2v) is 6.32. The van der Waals surface area contributed by atoms with Crippen molar-refractivity contribution >= 4 is 34.9 Å². The monoisotopic (exact) mass is 367 g/mol. The normalized spacial score (nSPS) is 13.5. The Bertz CT molecular complexity index is 749. The number of alkyl halides is 1. The highest BCUT2D eigenvalue weighted by molar-refractivity contribution is 6.31. The van der Waals surface area contributed by atoms with Crippen molar-refractivity contribution in [2.45, 2.75) is 32.2 Å². The lowest BCUT2D eigenvalue weighted by Crippen LogP contribution is -2.33. The fraction of sp³-hybridized carbons (Fsp3) is 0.353. The number of amides is 1. The van der Waals surface area contributed by atoms with Crippen molar-refractivity contribution in [1.82, 2.24) is 9.97 Å². The molecule has 1 aromatic carbocycles. The largest absolute Gasteiger partial charge is 0.290 e. The zero-order valence-electron chi connectivity index (χ0n) is 12.9. The van der Waals surface area contributed by atoms with Crippen molar-refractivity contribution in [2.24, 2.45) is 0 Å². The van der Waals surface area contributed by atoms with Gasteiger partial charge in [0.2, 0.25) is 5.91 Å². The van der Waals surface area contributed by atoms with Gasteiger partial charge in [-0.25, -0.2) is 9.37 Å². The number of fused-ring (bicyclic) bond motifs is 1. The number of nitrogens with zero attached hydrogens (tertiary/aromatic N) is 3. The average Bonchev–Trinajstić information content (AvgIpc) is 2.60. The van der Waals surface area contributed by atoms with Gasteiger partial charge in [-0.2, -0.15) is 0 Å². The molecule has 1 heterocycles. The number of anilines is 1. The third-order valence-corrected chi connectivity index (χ3v) is 4.65. The molecule has 0 aliphatic heterocycles. The van der Waals surface area contributed by atoms with Crippen LogP contribution in [-0.4, -0.2) is 21.8 Å². The lowest BCUT2D eigenvalue weighted by molar-refractivity contribution is -0.116. The predicted molar refractivity (Wildman–Crippen MR) is 92.0 cm³/mol. The SMILES string of the molecule is O=C(CCl)N(Cc1c(F)cccc1Cl)c1cnc2c(n1)CCCC2. The van der Waals surface area contributed by atoms with E-state index in [1.54, 1.807) is 12.3 Å². The van der Waals surface area contributed by atoms with Gasteiger partial charge in [0.15, 0.2) is 5.82 Å². The van der Waals surface area contributed by atoms with Crippen molar-refractivity contribution in [1.29, 1.82) is 0 Å². The molecule has 0 unspecified atom stereocenters. The average molecular weight is 368 g/mol. The summed E-state index contributed by atoms with van der Waals surface area (Å²) in [5.74, 6) is -0.701. The van der Waals surface area contributed by atoms with Crippen LogP contribution in [0.25, 0.3) is 0 Å². The number of carbonyl (C=O) groups is 1. The molecule has 0 atom stereocenters. The molecule has 0 fully saturated rings. The summed E-state index contributed by atoms with van der Waals surface area (Å²) in [4.78, 5) is 22.6. The Labute approximate surface area is 149 Å². The highest BCUT2D eigenvalue weighted by Crippen LogP contribution is 2.25. The first-order valence-corrected chi connectivity index (χ1v) is 8.65. The van der Waals surface area contributed by atoms with Gasteiger partial charge >= 0.3 is 0 Å². The van der Waals surface area contributed by atoms with E-state index in [1.165, 1.54) is 17.0 Å². The van der Waals surface area contributed by atoms with E-state index in [0.717, 1.165) is 37.1 Å². The van der Waals surface area contributed by atoms with Gasteiger partial charge in [0.1, 0.15) is 11.7 Å². The van der Waals surface area contributed by atoms with Crippen LogP contribution in [0.3, 0.4) is 0 Å². The van der Waals surface area contributed by atoms with Crippen LogP contribution < -0.4 is 4.90 Å². The van der Waals surface area contributed by atoms with E-state index in [-0.39, 0.29) is 28.9 Å². The van der Waals surface area contributed by atoms with E-state index in [2.05, 4.69) is 9.97 Å². The number of rotatable bonds is 4. The van der Waals surface area contributed by atoms with Gasteiger partial charge in [-0.05, 0) is 37.8 Å². The first-order valence-electron chi connectivity index (χ1n) is 7.74. The van der Waals surface area contributed by atoms with Crippen LogP contribution in [0.5, 0.6) is 0 Å². The van der Waals surface area contributed by atoms with Crippen molar-refractivity contribution in [3.63, 3.8) is 0 Å². The summed E-state index contributed by atoms with van der Waals surface area (Å²) >= 11 is 11.8. The van der Waals surface area contributed by atoms with Gasteiger partial charge in [-0.3, -0.25) is 14.7 Å². The van der Waals surface area contributed by atoms with Crippen LogP contribution in [0, 0.1) is 5.82 Å². The van der Waals surface area contributed by atoms with Crippen LogP contribution in [0.15, 0.2) is 24.4 Å². The van der Waals surface area contributed by atoms with Crippen LogP contribution in [0.4, 0.5) is 10.2 Å². The molecule has 24 heavy (non-hydrogen) atoms. The van der Waals surface area contributed by atoms with Gasteiger partial charge < -0.3 is 0 Å². The van der Waals surface area contributed by atoms with Gasteiger partial charge in [0.05, 0.1) is 24.1 Å². The summed E-state index contributed by atoms with van der Waals surface area (Å²) in [7, 11) is 0. The number of hydrogen-bond acceptors (Lipinski definition) is 3. The Hall–Kier alpha value is -1.72. The maximum Gasteiger partial charge on any atom is 0.243 e. The van der Waals surface area contributed by atoms with E-state index in [1.807, 2.05) is 0 Å². The zero-order valence-corrected chi connectivity index (χ0v) is 14.4. The van der Waals surface area contributed by atoms with Gasteiger partial charge in [-0.15, -0.1) is 11.6 Å². The third kappa shape index (κ3) is 3.52. The Balaban J connectivity index is 1.97. The Morgan fingerprint density at radius 1 is 1.25 bits per heavy atom. The predicted octanol–water partition coefficient (Wildman–Crippen LogP) is 3.92. The lowest BCUT2D eigenvalue weighted by atomic mass is 10.0. The van der Waals surface area contributed by atoms with Crippen molar-refractivity contribution in [3.05, 3.63) is 52.2 Å². The third-order valence-electron chi connectivity index (χ3n) is 4.07. The van der Waals surface area contributed by atoms with Crippen LogP contribution in [-0.2, 0) is 24.2 Å². The van der Waals surface area contributed by atoms with Gasteiger partial charge in [0.25, 0.3) is 0 Å². The Kier molecular flexibility index (Phi) is 5.31. The highest BCUT2D eigenvalue weighted by Gasteiger charge is 2.22. The Morgan fingerprint density at radius 3 is 2.71 bits per heavy atom. The number of benzene rings is 1. The van der Waals surface area contributed by atoms with Crippen LogP contribution in [0.1, 0.15) is 29.8 Å². The highest BCUT2D eigenvalue weighted by atomic mass is 35.5. The maximum absolute atomic E-state index is 14.1. The molecule has 0 saturated heterocycles. The summed E-state index contributed by atoms with van der Waals surface area (Å²) in [6.07, 6.45) is 5.41. The molecule has 1 amide bonds. The molecular formula is C17H16Cl2FN3O. The lowest BCUT2D eigenvalue weighted by Gasteiger charge is -2.23. The first-order chi connectivity index (χ1) is 11.6. The van der Waals surface area contributed by atoms with Gasteiger partial charge in [-0.1, -0.05) is 17.7 Å². The first kappa shape index (κ1) is 17.1. The minimum absolute atomic E-state index is 0.0372. The molecule has 4 nitrogen and oxygen atoms in total. The van der Waals surface area contributed by atoms with E-state index >= 15 is 0 Å². The smallest absolute Gasteiger partial charge is 0.243 e. The fourth-order valence-corrected chi connectivity index (χ4v) is 3.14. The summed E-state index contributed by atoms with van der Waals surface area (Å²) in [6, 6.07) is 4.42. The van der Waals surface area contributed by atoms with E-state index < -0.39 is 5.82 Å². The molecule has 1 aliphatic rings. The van der Waals surface area contributed by atoms with Gasteiger partial charge in [0, 0.05) is 10.6 Å². The summed E-state index contributed by atoms with van der Waals surface area (Å²) < 4.78 is 14.1. The minimum Gasteiger partial charge on any atom is -0.290 e. The molecule has 7 heteroatoms. The molecule has 3 rings (SSSR count). The van der Waals surface area contributed by atoms with E-state index in [0.29, 0.717) is 5.82 Å². The Morgan fingerprint density at radius 2 is 2.00 bits per heavy atom. The number of aromatic nitrogens is 2. The van der Waals surface area contributed by atoms with Crippen molar-refractivity contribution in [2.75, 3.05) is 10.8 Å². The summed E-state index contributed by atoms with van der Waals surface area (Å²) in [5.41, 5.74) is 2.09. The van der Waals surface area contributed by atoms with E-state index in [9.17, 15) is 9.18 Å². The quantitative estimate of drug-likeness (QED) is 0.769. The second-order valence-electron chi connectivity index (χ2n) is 5.64. The topological polar surface area (TPSA) is 46.1 Å². The van der Waals surface area contributed by atoms with Crippen LogP contribution >= 0.6 is 23.2 Å². The van der Waals surface area contributed by atoms with E-state index in [4.69, 9.17) is 23.2 Å². The molecule has 0 bridgehead atoms. The minimum atomic E-state index is -0.471. The zero-order chi connectivity index (χ0) is 17.1. The van der Waals surface area contributed by atoms with Crippen molar-refractivity contribution in [3.8, 4) is 0 Å². The molecular weight excluding hydrogens is 352 g/mol. The molecule has 0 saturated carbocycles. The second kappa shape index (κ2) is 7.45. The van der Waals surface area contributed by atoms with Crippen LogP contribution in [0.2, 0.25) is 5.02 Å². The standard InChI is InChI=1S/C17H16Cl2FN3O/c18-8-17(24)23(10-11-12(19)4-3-5-13(11)20)16-9-21-14-6-1-2-7-15(14)22-16/h3-5,9H,1-2,6-8,10H2. The molecule has 0 radical (unpaired) electrons. The molecule has 1 aromatic heterocycles. The molecule has 2 aromatic rings. The van der Waals surface area contributed by atoms with Crippen molar-refractivity contribution < 1.29 is 9.18 Å². The molecule has 1 aliphatic carbocycles. The number of carbonyl (C=O) groups excluding carboxylic acids is 1. The summed E-state index contributed by atoms with van der Waals surface area (Å²) in [5, 5.41) is 0.258. The number of halogens is 3. The molecule has 0 spiro atoms. The molecule has 0 N–H and O–H groups in total. The number of hydrogen-bond donors (Lipinski definition) is 0. The number of aryl methyl sites for hydroxylation is 2. The maximum atomic E-state index is 14.1. The summed E-state index contributed by atoms with van der Waals surface area (Å²) in [6.45, 7) is -0.0372.